The van der Waals surface area contributed by atoms with Crippen LogP contribution in [-0.2, 0) is 9.84 Å². The number of benzene rings is 1. The molecule has 20 heavy (non-hydrogen) atoms. The van der Waals surface area contributed by atoms with Gasteiger partial charge in [-0.15, -0.1) is 0 Å². The predicted molar refractivity (Wildman–Crippen MR) is 78.7 cm³/mol. The van der Waals surface area contributed by atoms with Gasteiger partial charge >= 0.3 is 0 Å². The zero-order valence-electron chi connectivity index (χ0n) is 12.1. The average molecular weight is 300 g/mol. The number of nitrogen functional groups attached to an aromatic ring is 1. The van der Waals surface area contributed by atoms with Crippen molar-refractivity contribution in [3.05, 3.63) is 23.8 Å². The van der Waals surface area contributed by atoms with Crippen LogP contribution in [0.4, 0.5) is 5.69 Å². The van der Waals surface area contributed by atoms with E-state index in [9.17, 15) is 13.2 Å². The Kier molecular flexibility index (Phi) is 4.65. The molecule has 0 unspecified atom stereocenters. The third-order valence-electron chi connectivity index (χ3n) is 3.11. The van der Waals surface area contributed by atoms with Crippen molar-refractivity contribution in [3.63, 3.8) is 0 Å². The zero-order valence-corrected chi connectivity index (χ0v) is 12.9. The molecule has 1 aromatic carbocycles. The van der Waals surface area contributed by atoms with E-state index in [1.807, 2.05) is 0 Å². The summed E-state index contributed by atoms with van der Waals surface area (Å²) in [6.07, 6.45) is 1.14. The summed E-state index contributed by atoms with van der Waals surface area (Å²) < 4.78 is 27.1. The van der Waals surface area contributed by atoms with E-state index >= 15 is 0 Å². The van der Waals surface area contributed by atoms with Gasteiger partial charge in [-0.3, -0.25) is 4.79 Å². The Hall–Kier alpha value is -1.76. The fourth-order valence-corrected chi connectivity index (χ4v) is 1.73. The second-order valence-electron chi connectivity index (χ2n) is 5.21. The van der Waals surface area contributed by atoms with Crippen molar-refractivity contribution in [2.45, 2.75) is 18.6 Å². The van der Waals surface area contributed by atoms with Gasteiger partial charge < -0.3 is 15.8 Å². The maximum absolute atomic E-state index is 12.0. The first kappa shape index (κ1) is 16.3. The van der Waals surface area contributed by atoms with Crippen LogP contribution in [0.25, 0.3) is 0 Å². The number of ether oxygens (including phenoxy) is 1. The Morgan fingerprint density at radius 3 is 2.45 bits per heavy atom. The third kappa shape index (κ3) is 3.86. The average Bonchev–Trinajstić information content (AvgIpc) is 2.33. The molecule has 0 saturated heterocycles. The summed E-state index contributed by atoms with van der Waals surface area (Å²) in [4.78, 5) is 12.0. The highest BCUT2D eigenvalue weighted by Gasteiger charge is 2.30. The Morgan fingerprint density at radius 1 is 1.35 bits per heavy atom. The Morgan fingerprint density at radius 2 is 1.95 bits per heavy atom. The topological polar surface area (TPSA) is 98.5 Å². The smallest absolute Gasteiger partial charge is 0.251 e. The van der Waals surface area contributed by atoms with Crippen LogP contribution in [0, 0.1) is 0 Å². The maximum atomic E-state index is 12.0. The predicted octanol–water partition coefficient (Wildman–Crippen LogP) is 0.830. The second-order valence-corrected chi connectivity index (χ2v) is 7.86. The Balaban J connectivity index is 2.85. The van der Waals surface area contributed by atoms with Gasteiger partial charge in [-0.1, -0.05) is 0 Å². The van der Waals surface area contributed by atoms with Crippen molar-refractivity contribution in [2.24, 2.45) is 0 Å². The van der Waals surface area contributed by atoms with E-state index < -0.39 is 20.5 Å². The first-order valence-corrected chi connectivity index (χ1v) is 7.88. The minimum Gasteiger partial charge on any atom is -0.497 e. The van der Waals surface area contributed by atoms with Crippen LogP contribution in [-0.4, -0.2) is 39.0 Å². The third-order valence-corrected chi connectivity index (χ3v) is 5.26. The summed E-state index contributed by atoms with van der Waals surface area (Å²) in [5, 5.41) is 2.60. The molecule has 0 fully saturated rings. The van der Waals surface area contributed by atoms with Crippen LogP contribution in [0.1, 0.15) is 24.2 Å². The van der Waals surface area contributed by atoms with Crippen molar-refractivity contribution in [1.29, 1.82) is 0 Å². The van der Waals surface area contributed by atoms with Crippen molar-refractivity contribution in [1.82, 2.24) is 5.32 Å². The molecular weight excluding hydrogens is 280 g/mol. The van der Waals surface area contributed by atoms with Gasteiger partial charge in [0.2, 0.25) is 0 Å². The summed E-state index contributed by atoms with van der Waals surface area (Å²) in [6, 6.07) is 4.64. The normalized spacial score (nSPS) is 12.0. The quantitative estimate of drug-likeness (QED) is 0.785. The van der Waals surface area contributed by atoms with Gasteiger partial charge in [0, 0.05) is 30.1 Å². The van der Waals surface area contributed by atoms with Gasteiger partial charge in [0.05, 0.1) is 11.9 Å². The number of rotatable bonds is 5. The van der Waals surface area contributed by atoms with Crippen molar-refractivity contribution >= 4 is 21.4 Å². The summed E-state index contributed by atoms with van der Waals surface area (Å²) in [6.45, 7) is 3.13. The molecule has 1 rings (SSSR count). The maximum Gasteiger partial charge on any atom is 0.251 e. The van der Waals surface area contributed by atoms with E-state index in [1.54, 1.807) is 26.0 Å². The number of sulfone groups is 1. The standard InChI is InChI=1S/C13H20N2O4S/c1-13(2,20(4,17)18)8-15-12(16)9-5-10(14)7-11(6-9)19-3/h5-7H,8,14H2,1-4H3,(H,15,16). The van der Waals surface area contributed by atoms with Gasteiger partial charge in [0.15, 0.2) is 9.84 Å². The minimum atomic E-state index is -3.27. The van der Waals surface area contributed by atoms with Crippen LogP contribution in [0.15, 0.2) is 18.2 Å². The van der Waals surface area contributed by atoms with E-state index in [2.05, 4.69) is 5.32 Å². The van der Waals surface area contributed by atoms with E-state index in [4.69, 9.17) is 10.5 Å². The van der Waals surface area contributed by atoms with Crippen molar-refractivity contribution in [2.75, 3.05) is 25.6 Å². The van der Waals surface area contributed by atoms with Gasteiger partial charge in [-0.05, 0) is 26.0 Å². The number of carbonyl (C=O) groups is 1. The fraction of sp³-hybridized carbons (Fsp3) is 0.462. The molecule has 3 N–H and O–H groups in total. The van der Waals surface area contributed by atoms with Crippen molar-refractivity contribution in [3.8, 4) is 5.75 Å². The molecule has 0 saturated carbocycles. The highest BCUT2D eigenvalue weighted by atomic mass is 32.2. The van der Waals surface area contributed by atoms with Crippen LogP contribution >= 0.6 is 0 Å². The van der Waals surface area contributed by atoms with E-state index in [-0.39, 0.29) is 6.54 Å². The van der Waals surface area contributed by atoms with Gasteiger partial charge in [-0.25, -0.2) is 8.42 Å². The number of amides is 1. The van der Waals surface area contributed by atoms with Gasteiger partial charge in [0.25, 0.3) is 5.91 Å². The number of hydrogen-bond acceptors (Lipinski definition) is 5. The molecular formula is C13H20N2O4S. The zero-order chi connectivity index (χ0) is 15.6. The lowest BCUT2D eigenvalue weighted by molar-refractivity contribution is 0.0950. The van der Waals surface area contributed by atoms with Crippen molar-refractivity contribution < 1.29 is 17.9 Å². The molecule has 1 amide bonds. The molecule has 0 spiro atoms. The van der Waals surface area contributed by atoms with Crippen LogP contribution < -0.4 is 15.8 Å². The molecule has 0 atom stereocenters. The Bertz CT molecular complexity index is 609. The molecule has 0 radical (unpaired) electrons. The number of nitrogens with one attached hydrogen (secondary N) is 1. The van der Waals surface area contributed by atoms with Crippen LogP contribution in [0.5, 0.6) is 5.75 Å². The number of anilines is 1. The lowest BCUT2D eigenvalue weighted by Crippen LogP contribution is -2.43. The molecule has 0 aliphatic rings. The fourth-order valence-electron chi connectivity index (χ4n) is 1.40. The highest BCUT2D eigenvalue weighted by Crippen LogP contribution is 2.19. The number of hydrogen-bond donors (Lipinski definition) is 2. The summed E-state index contributed by atoms with van der Waals surface area (Å²) in [7, 11) is -1.79. The van der Waals surface area contributed by atoms with E-state index in [0.717, 1.165) is 6.26 Å². The first-order valence-electron chi connectivity index (χ1n) is 5.99. The van der Waals surface area contributed by atoms with E-state index in [1.165, 1.54) is 13.2 Å². The Labute approximate surface area is 119 Å². The number of nitrogens with two attached hydrogens (primary N) is 1. The number of carbonyl (C=O) groups excluding carboxylic acids is 1. The summed E-state index contributed by atoms with van der Waals surface area (Å²) >= 11 is 0. The minimum absolute atomic E-state index is 0.0157. The molecule has 7 heteroatoms. The molecule has 0 aliphatic heterocycles. The van der Waals surface area contributed by atoms with Gasteiger partial charge in [0.1, 0.15) is 5.75 Å². The molecule has 112 valence electrons. The second kappa shape index (κ2) is 5.70. The molecule has 0 bridgehead atoms. The largest absolute Gasteiger partial charge is 0.497 e. The van der Waals surface area contributed by atoms with Crippen LogP contribution in [0.2, 0.25) is 0 Å². The molecule has 6 nitrogen and oxygen atoms in total. The van der Waals surface area contributed by atoms with E-state index in [0.29, 0.717) is 17.0 Å². The lowest BCUT2D eigenvalue weighted by atomic mass is 10.1. The SMILES string of the molecule is COc1cc(N)cc(C(=O)NCC(C)(C)S(C)(=O)=O)c1. The first-order chi connectivity index (χ1) is 9.06. The highest BCUT2D eigenvalue weighted by molar-refractivity contribution is 7.92. The molecule has 1 aromatic rings. The molecule has 0 heterocycles. The molecule has 0 aliphatic carbocycles. The van der Waals surface area contributed by atoms with Crippen LogP contribution in [0.3, 0.4) is 0 Å². The lowest BCUT2D eigenvalue weighted by Gasteiger charge is -2.22. The summed E-state index contributed by atoms with van der Waals surface area (Å²) in [5.41, 5.74) is 6.39. The van der Waals surface area contributed by atoms with Gasteiger partial charge in [-0.2, -0.15) is 0 Å². The monoisotopic (exact) mass is 300 g/mol. The number of methoxy groups -OCH3 is 1. The summed E-state index contributed by atoms with van der Waals surface area (Å²) in [5.74, 6) is 0.0739. The molecule has 0 aromatic heterocycles.